The number of likely N-dealkylation sites (tertiary alicyclic amines) is 1. The van der Waals surface area contributed by atoms with Crippen molar-refractivity contribution in [1.29, 1.82) is 0 Å². The van der Waals surface area contributed by atoms with E-state index in [0.29, 0.717) is 47.8 Å². The summed E-state index contributed by atoms with van der Waals surface area (Å²) in [7, 11) is 1.92. The van der Waals surface area contributed by atoms with Crippen LogP contribution in [0.25, 0.3) is 22.2 Å². The SMILES string of the molecule is CCC(=O)N1CC[C@@H](Nc2n[nH]c3nccc(-c4ccc(CNC(=O)c5cc6c(n5C)CC(C)(C)C6)c(F)c4)c23)C1. The molecule has 2 amide bonds. The van der Waals surface area contributed by atoms with Gasteiger partial charge in [-0.05, 0) is 59.6 Å². The molecule has 0 bridgehead atoms. The van der Waals surface area contributed by atoms with E-state index in [-0.39, 0.29) is 29.8 Å². The normalized spacial score (nSPS) is 17.7. The molecule has 9 nitrogen and oxygen atoms in total. The first-order chi connectivity index (χ1) is 19.6. The van der Waals surface area contributed by atoms with Gasteiger partial charge in [0.25, 0.3) is 5.91 Å². The fraction of sp³-hybridized carbons (Fsp3) is 0.419. The summed E-state index contributed by atoms with van der Waals surface area (Å²) in [5, 5.41) is 14.5. The summed E-state index contributed by atoms with van der Waals surface area (Å²) in [6.07, 6.45) is 4.88. The summed E-state index contributed by atoms with van der Waals surface area (Å²) in [6.45, 7) is 7.76. The number of pyridine rings is 1. The molecule has 0 spiro atoms. The van der Waals surface area contributed by atoms with Crippen molar-refractivity contribution in [2.24, 2.45) is 12.5 Å². The average Bonchev–Trinajstić information content (AvgIpc) is 3.72. The van der Waals surface area contributed by atoms with Crippen LogP contribution in [0, 0.1) is 11.2 Å². The first-order valence-electron chi connectivity index (χ1n) is 14.3. The lowest BCUT2D eigenvalue weighted by atomic mass is 9.90. The third-order valence-electron chi connectivity index (χ3n) is 8.44. The third kappa shape index (κ3) is 5.07. The molecule has 1 atom stereocenters. The molecule has 1 aromatic carbocycles. The Kier molecular flexibility index (Phi) is 6.79. The van der Waals surface area contributed by atoms with Crippen molar-refractivity contribution in [3.63, 3.8) is 0 Å². The van der Waals surface area contributed by atoms with Gasteiger partial charge in [-0.3, -0.25) is 14.7 Å². The largest absolute Gasteiger partial charge is 0.363 e. The molecule has 1 aliphatic carbocycles. The Morgan fingerprint density at radius 2 is 2.02 bits per heavy atom. The Balaban J connectivity index is 1.18. The van der Waals surface area contributed by atoms with Crippen molar-refractivity contribution in [3.8, 4) is 11.1 Å². The van der Waals surface area contributed by atoms with Gasteiger partial charge >= 0.3 is 0 Å². The maximum Gasteiger partial charge on any atom is 0.268 e. The molecule has 10 heteroatoms. The number of nitrogens with zero attached hydrogens (tertiary/aromatic N) is 4. The van der Waals surface area contributed by atoms with E-state index in [9.17, 15) is 9.59 Å². The lowest BCUT2D eigenvalue weighted by molar-refractivity contribution is -0.129. The number of rotatable bonds is 7. The highest BCUT2D eigenvalue weighted by atomic mass is 19.1. The second-order valence-corrected chi connectivity index (χ2v) is 12.0. The number of amides is 2. The number of carbonyl (C=O) groups is 2. The van der Waals surface area contributed by atoms with Gasteiger partial charge in [-0.1, -0.05) is 32.9 Å². The molecule has 1 fully saturated rings. The molecule has 4 aromatic rings. The van der Waals surface area contributed by atoms with Crippen LogP contribution in [0.15, 0.2) is 36.5 Å². The Morgan fingerprint density at radius 3 is 2.78 bits per heavy atom. The predicted molar refractivity (Wildman–Crippen MR) is 156 cm³/mol. The van der Waals surface area contributed by atoms with Gasteiger partial charge in [0.05, 0.1) is 5.39 Å². The molecule has 2 aliphatic rings. The number of benzene rings is 1. The Morgan fingerprint density at radius 1 is 1.20 bits per heavy atom. The van der Waals surface area contributed by atoms with Gasteiger partial charge in [-0.2, -0.15) is 5.10 Å². The molecule has 0 radical (unpaired) electrons. The standard InChI is InChI=1S/C31H36FN7O2/c1-5-26(40)39-11-9-21(17-39)35-29-27-22(8-10-33-28(27)36-37-29)18-6-7-19(23(32)12-18)16-34-30(41)24-13-20-14-31(2,3)15-25(20)38(24)4/h6-8,10,12-13,21H,5,9,11,14-17H2,1-4H3,(H,34,41)(H2,33,35,36,37)/t21-/m1/s1. The van der Waals surface area contributed by atoms with Gasteiger partial charge in [0.15, 0.2) is 11.5 Å². The zero-order valence-electron chi connectivity index (χ0n) is 24.0. The van der Waals surface area contributed by atoms with E-state index >= 15 is 4.39 Å². The van der Waals surface area contributed by atoms with Crippen molar-refractivity contribution in [2.75, 3.05) is 18.4 Å². The molecule has 41 heavy (non-hydrogen) atoms. The van der Waals surface area contributed by atoms with Crippen molar-refractivity contribution >= 4 is 28.7 Å². The Labute approximate surface area is 238 Å². The van der Waals surface area contributed by atoms with Crippen molar-refractivity contribution in [1.82, 2.24) is 30.0 Å². The quantitative estimate of drug-likeness (QED) is 0.308. The lowest BCUT2D eigenvalue weighted by Crippen LogP contribution is -2.31. The second-order valence-electron chi connectivity index (χ2n) is 12.0. The zero-order chi connectivity index (χ0) is 28.9. The molecule has 4 heterocycles. The van der Waals surface area contributed by atoms with Gasteiger partial charge in [-0.25, -0.2) is 9.37 Å². The molecule has 6 rings (SSSR count). The second kappa shape index (κ2) is 10.3. The highest BCUT2D eigenvalue weighted by Gasteiger charge is 2.33. The van der Waals surface area contributed by atoms with Crippen LogP contribution in [0.5, 0.6) is 0 Å². The van der Waals surface area contributed by atoms with Crippen LogP contribution in [0.4, 0.5) is 10.2 Å². The van der Waals surface area contributed by atoms with Crippen LogP contribution in [-0.4, -0.2) is 55.6 Å². The molecule has 214 valence electrons. The number of anilines is 1. The van der Waals surface area contributed by atoms with Crippen molar-refractivity contribution in [2.45, 2.75) is 59.0 Å². The summed E-state index contributed by atoms with van der Waals surface area (Å²) in [6, 6.07) is 8.94. The van der Waals surface area contributed by atoms with Crippen LogP contribution in [0.1, 0.15) is 60.9 Å². The number of aromatic nitrogens is 4. The summed E-state index contributed by atoms with van der Waals surface area (Å²) < 4.78 is 17.3. The number of hydrogen-bond donors (Lipinski definition) is 3. The van der Waals surface area contributed by atoms with Gasteiger partial charge in [0.1, 0.15) is 11.5 Å². The molecular formula is C31H36FN7O2. The van der Waals surface area contributed by atoms with E-state index in [2.05, 4.69) is 39.7 Å². The van der Waals surface area contributed by atoms with Crippen molar-refractivity contribution in [3.05, 3.63) is 64.9 Å². The highest BCUT2D eigenvalue weighted by Crippen LogP contribution is 2.38. The van der Waals surface area contributed by atoms with E-state index in [0.717, 1.165) is 30.2 Å². The van der Waals surface area contributed by atoms with Crippen molar-refractivity contribution < 1.29 is 14.0 Å². The van der Waals surface area contributed by atoms with E-state index in [1.54, 1.807) is 12.3 Å². The summed E-state index contributed by atoms with van der Waals surface area (Å²) in [4.78, 5) is 31.3. The average molecular weight is 558 g/mol. The van der Waals surface area contributed by atoms with E-state index in [1.165, 1.54) is 17.3 Å². The first-order valence-corrected chi connectivity index (χ1v) is 14.3. The Hall–Kier alpha value is -4.21. The van der Waals surface area contributed by atoms with Crippen LogP contribution < -0.4 is 10.6 Å². The number of carbonyl (C=O) groups excluding carboxylic acids is 2. The number of H-pyrrole nitrogens is 1. The molecule has 1 saturated heterocycles. The smallest absolute Gasteiger partial charge is 0.268 e. The maximum atomic E-state index is 15.3. The summed E-state index contributed by atoms with van der Waals surface area (Å²) in [5.41, 5.74) is 5.72. The molecule has 3 aromatic heterocycles. The third-order valence-corrected chi connectivity index (χ3v) is 8.44. The van der Waals surface area contributed by atoms with E-state index in [1.807, 2.05) is 41.6 Å². The number of nitrogens with one attached hydrogen (secondary N) is 3. The minimum atomic E-state index is -0.397. The molecule has 1 aliphatic heterocycles. The number of halogens is 1. The lowest BCUT2D eigenvalue weighted by Gasteiger charge is -2.17. The van der Waals surface area contributed by atoms with Crippen LogP contribution in [-0.2, 0) is 31.2 Å². The van der Waals surface area contributed by atoms with Gasteiger partial charge < -0.3 is 20.1 Å². The topological polar surface area (TPSA) is 108 Å². The molecular weight excluding hydrogens is 521 g/mol. The van der Waals surface area contributed by atoms with E-state index in [4.69, 9.17) is 0 Å². The van der Waals surface area contributed by atoms with E-state index < -0.39 is 5.82 Å². The van der Waals surface area contributed by atoms with Crippen LogP contribution in [0.2, 0.25) is 0 Å². The van der Waals surface area contributed by atoms with Gasteiger partial charge in [-0.15, -0.1) is 0 Å². The minimum Gasteiger partial charge on any atom is -0.363 e. The van der Waals surface area contributed by atoms with Crippen LogP contribution >= 0.6 is 0 Å². The summed E-state index contributed by atoms with van der Waals surface area (Å²) >= 11 is 0. The minimum absolute atomic E-state index is 0.0738. The highest BCUT2D eigenvalue weighted by molar-refractivity contribution is 6.00. The van der Waals surface area contributed by atoms with Crippen LogP contribution in [0.3, 0.4) is 0 Å². The maximum absolute atomic E-state index is 15.3. The monoisotopic (exact) mass is 557 g/mol. The Bertz CT molecular complexity index is 1650. The first kappa shape index (κ1) is 27.0. The number of fused-ring (bicyclic) bond motifs is 2. The molecule has 3 N–H and O–H groups in total. The zero-order valence-corrected chi connectivity index (χ0v) is 24.0. The molecule has 0 saturated carbocycles. The van der Waals surface area contributed by atoms with Gasteiger partial charge in [0, 0.05) is 56.6 Å². The summed E-state index contributed by atoms with van der Waals surface area (Å²) in [5.74, 6) is 0.172. The fourth-order valence-electron chi connectivity index (χ4n) is 6.28. The number of aromatic amines is 1. The number of hydrogen-bond acceptors (Lipinski definition) is 5. The molecule has 0 unspecified atom stereocenters. The predicted octanol–water partition coefficient (Wildman–Crippen LogP) is 4.58. The van der Waals surface area contributed by atoms with Gasteiger partial charge in [0.2, 0.25) is 5.91 Å². The fourth-order valence-corrected chi connectivity index (χ4v) is 6.28.